The van der Waals surface area contributed by atoms with E-state index in [2.05, 4.69) is 5.10 Å². The molecule has 1 aliphatic heterocycles. The number of aromatic nitrogens is 2. The van der Waals surface area contributed by atoms with Crippen molar-refractivity contribution >= 4 is 17.2 Å². The van der Waals surface area contributed by atoms with Crippen LogP contribution in [-0.4, -0.2) is 34.2 Å². The van der Waals surface area contributed by atoms with Gasteiger partial charge < -0.3 is 14.1 Å². The Bertz CT molecular complexity index is 975. The van der Waals surface area contributed by atoms with Crippen molar-refractivity contribution in [2.45, 2.75) is 25.4 Å². The first-order chi connectivity index (χ1) is 13.2. The molecule has 27 heavy (non-hydrogen) atoms. The third-order valence-corrected chi connectivity index (χ3v) is 5.55. The number of likely N-dealkylation sites (tertiary alicyclic amines) is 1. The molecule has 0 spiro atoms. The molecule has 4 rings (SSSR count). The maximum atomic E-state index is 12.8. The number of benzene rings is 1. The molecule has 8 heteroatoms. The van der Waals surface area contributed by atoms with Crippen molar-refractivity contribution in [3.63, 3.8) is 0 Å². The van der Waals surface area contributed by atoms with Gasteiger partial charge in [-0.25, -0.2) is 4.79 Å². The van der Waals surface area contributed by atoms with Crippen LogP contribution in [0.25, 0.3) is 10.8 Å². The molecule has 1 saturated heterocycles. The Kier molecular flexibility index (Phi) is 4.81. The summed E-state index contributed by atoms with van der Waals surface area (Å²) in [4.78, 5) is 27.5. The first-order valence-corrected chi connectivity index (χ1v) is 9.59. The fraction of sp³-hybridized carbons (Fsp3) is 0.316. The lowest BCUT2D eigenvalue weighted by Crippen LogP contribution is -2.35. The molecule has 2 aromatic heterocycles. The van der Waals surface area contributed by atoms with E-state index in [9.17, 15) is 9.59 Å². The summed E-state index contributed by atoms with van der Waals surface area (Å²) >= 11 is 1.43. The van der Waals surface area contributed by atoms with Crippen molar-refractivity contribution < 1.29 is 13.9 Å². The highest BCUT2D eigenvalue weighted by Gasteiger charge is 2.30. The second kappa shape index (κ2) is 7.40. The summed E-state index contributed by atoms with van der Waals surface area (Å²) in [7, 11) is 1.63. The number of hydrogen-bond acceptors (Lipinski definition) is 6. The summed E-state index contributed by atoms with van der Waals surface area (Å²) in [6, 6.07) is 11.4. The second-order valence-corrected chi connectivity index (χ2v) is 7.27. The van der Waals surface area contributed by atoms with Crippen molar-refractivity contribution in [1.29, 1.82) is 0 Å². The van der Waals surface area contributed by atoms with Gasteiger partial charge in [-0.2, -0.15) is 4.68 Å². The van der Waals surface area contributed by atoms with E-state index in [0.717, 1.165) is 33.7 Å². The maximum absolute atomic E-state index is 12.8. The minimum Gasteiger partial charge on any atom is -0.497 e. The molecule has 3 aromatic rings. The second-order valence-electron chi connectivity index (χ2n) is 6.33. The summed E-state index contributed by atoms with van der Waals surface area (Å²) in [5, 5.41) is 6.05. The maximum Gasteiger partial charge on any atom is 0.437 e. The van der Waals surface area contributed by atoms with Crippen molar-refractivity contribution in [3.8, 4) is 16.5 Å². The third kappa shape index (κ3) is 3.52. The number of carbonyl (C=O) groups is 1. The zero-order valence-corrected chi connectivity index (χ0v) is 15.6. The molecule has 0 radical (unpaired) electrons. The number of hydrogen-bond donors (Lipinski definition) is 0. The highest BCUT2D eigenvalue weighted by molar-refractivity contribution is 7.13. The van der Waals surface area contributed by atoms with E-state index < -0.39 is 5.76 Å². The quantitative estimate of drug-likeness (QED) is 0.675. The molecule has 0 aliphatic carbocycles. The van der Waals surface area contributed by atoms with Crippen LogP contribution in [0.3, 0.4) is 0 Å². The Balaban J connectivity index is 1.51. The van der Waals surface area contributed by atoms with Gasteiger partial charge in [-0.15, -0.1) is 16.4 Å². The van der Waals surface area contributed by atoms with Gasteiger partial charge in [0, 0.05) is 6.54 Å². The first kappa shape index (κ1) is 17.5. The largest absolute Gasteiger partial charge is 0.497 e. The van der Waals surface area contributed by atoms with Gasteiger partial charge in [0.15, 0.2) is 0 Å². The van der Waals surface area contributed by atoms with Gasteiger partial charge in [0.1, 0.15) is 12.3 Å². The predicted octanol–water partition coefficient (Wildman–Crippen LogP) is 2.94. The third-order valence-electron chi connectivity index (χ3n) is 4.70. The molecule has 1 aliphatic rings. The van der Waals surface area contributed by atoms with Gasteiger partial charge in [0.05, 0.1) is 18.0 Å². The number of amides is 1. The fourth-order valence-electron chi connectivity index (χ4n) is 3.36. The summed E-state index contributed by atoms with van der Waals surface area (Å²) in [6.45, 7) is 0.542. The predicted molar refractivity (Wildman–Crippen MR) is 101 cm³/mol. The molecule has 1 fully saturated rings. The number of carbonyl (C=O) groups excluding carboxylic acids is 1. The van der Waals surface area contributed by atoms with E-state index in [-0.39, 0.29) is 24.4 Å². The topological polar surface area (TPSA) is 77.6 Å². The average Bonchev–Trinajstić information content (AvgIpc) is 3.43. The zero-order valence-electron chi connectivity index (χ0n) is 14.8. The van der Waals surface area contributed by atoms with Gasteiger partial charge >= 0.3 is 5.76 Å². The number of ether oxygens (including phenoxy) is 1. The van der Waals surface area contributed by atoms with E-state index in [1.807, 2.05) is 46.7 Å². The van der Waals surface area contributed by atoms with Crippen LogP contribution >= 0.6 is 11.3 Å². The Labute approximate surface area is 159 Å². The normalized spacial score (nSPS) is 16.6. The van der Waals surface area contributed by atoms with Crippen molar-refractivity contribution in [3.05, 3.63) is 57.9 Å². The monoisotopic (exact) mass is 385 g/mol. The Morgan fingerprint density at radius 2 is 2.15 bits per heavy atom. The van der Waals surface area contributed by atoms with Gasteiger partial charge in [-0.05, 0) is 42.0 Å². The number of thiophene rings is 1. The van der Waals surface area contributed by atoms with E-state index >= 15 is 0 Å². The highest BCUT2D eigenvalue weighted by Crippen LogP contribution is 2.33. The summed E-state index contributed by atoms with van der Waals surface area (Å²) in [6.07, 6.45) is 1.82. The SMILES string of the molecule is COc1ccc([C@@H]2CCCN2C(=O)Cn2nc(-c3cccs3)oc2=O)cc1. The number of rotatable bonds is 5. The molecule has 1 atom stereocenters. The molecule has 1 aromatic carbocycles. The zero-order chi connectivity index (χ0) is 18.8. The minimum atomic E-state index is -0.619. The molecule has 7 nitrogen and oxygen atoms in total. The highest BCUT2D eigenvalue weighted by atomic mass is 32.1. The molecule has 3 heterocycles. The Morgan fingerprint density at radius 1 is 1.33 bits per heavy atom. The smallest absolute Gasteiger partial charge is 0.437 e. The van der Waals surface area contributed by atoms with E-state index in [0.29, 0.717) is 6.54 Å². The molecule has 0 bridgehead atoms. The van der Waals surface area contributed by atoms with Crippen LogP contribution in [0.5, 0.6) is 5.75 Å². The molecule has 0 N–H and O–H groups in total. The van der Waals surface area contributed by atoms with Crippen LogP contribution in [0.2, 0.25) is 0 Å². The molecule has 0 saturated carbocycles. The summed E-state index contributed by atoms with van der Waals surface area (Å²) < 4.78 is 11.5. The lowest BCUT2D eigenvalue weighted by molar-refractivity contribution is -0.133. The summed E-state index contributed by atoms with van der Waals surface area (Å²) in [5.74, 6) is 0.272. The summed E-state index contributed by atoms with van der Waals surface area (Å²) in [5.41, 5.74) is 1.06. The van der Waals surface area contributed by atoms with Gasteiger partial charge in [0.2, 0.25) is 5.91 Å². The van der Waals surface area contributed by atoms with Gasteiger partial charge in [-0.3, -0.25) is 4.79 Å². The molecular weight excluding hydrogens is 366 g/mol. The van der Waals surface area contributed by atoms with Crippen molar-refractivity contribution in [2.75, 3.05) is 13.7 Å². The lowest BCUT2D eigenvalue weighted by atomic mass is 10.0. The first-order valence-electron chi connectivity index (χ1n) is 8.71. The van der Waals surface area contributed by atoms with Gasteiger partial charge in [-0.1, -0.05) is 18.2 Å². The van der Waals surface area contributed by atoms with Crippen LogP contribution in [-0.2, 0) is 11.3 Å². The van der Waals surface area contributed by atoms with E-state index in [1.165, 1.54) is 11.3 Å². The van der Waals surface area contributed by atoms with Crippen molar-refractivity contribution in [1.82, 2.24) is 14.7 Å². The molecule has 140 valence electrons. The van der Waals surface area contributed by atoms with Crippen LogP contribution in [0.1, 0.15) is 24.4 Å². The minimum absolute atomic E-state index is 0.00257. The molecule has 0 unspecified atom stereocenters. The fourth-order valence-corrected chi connectivity index (χ4v) is 4.01. The van der Waals surface area contributed by atoms with Gasteiger partial charge in [0.25, 0.3) is 5.89 Å². The standard InChI is InChI=1S/C19H19N3O4S/c1-25-14-8-6-13(7-9-14)15-4-2-10-21(15)17(23)12-22-19(24)26-18(20-22)16-5-3-11-27-16/h3,5-9,11,15H,2,4,10,12H2,1H3/t15-/m0/s1. The number of methoxy groups -OCH3 is 1. The Hall–Kier alpha value is -2.87. The van der Waals surface area contributed by atoms with E-state index in [1.54, 1.807) is 7.11 Å². The Morgan fingerprint density at radius 3 is 2.85 bits per heavy atom. The van der Waals surface area contributed by atoms with E-state index in [4.69, 9.17) is 9.15 Å². The van der Waals surface area contributed by atoms with Crippen LogP contribution in [0, 0.1) is 0 Å². The van der Waals surface area contributed by atoms with Crippen LogP contribution in [0.15, 0.2) is 51.0 Å². The molecule has 1 amide bonds. The molecular formula is C19H19N3O4S. The van der Waals surface area contributed by atoms with Crippen molar-refractivity contribution in [2.24, 2.45) is 0 Å². The lowest BCUT2D eigenvalue weighted by Gasteiger charge is -2.25. The number of nitrogens with zero attached hydrogens (tertiary/aromatic N) is 3. The average molecular weight is 385 g/mol. The van der Waals surface area contributed by atoms with Crippen LogP contribution in [0.4, 0.5) is 0 Å². The van der Waals surface area contributed by atoms with Crippen LogP contribution < -0.4 is 10.5 Å².